The van der Waals surface area contributed by atoms with Crippen LogP contribution < -0.4 is 5.32 Å². The minimum atomic E-state index is -5.08. The number of H-pyrrole nitrogens is 1. The van der Waals surface area contributed by atoms with E-state index in [4.69, 9.17) is 9.90 Å². The summed E-state index contributed by atoms with van der Waals surface area (Å²) in [7, 11) is 0. The fourth-order valence-electron chi connectivity index (χ4n) is 4.02. The van der Waals surface area contributed by atoms with Crippen molar-refractivity contribution in [2.45, 2.75) is 51.7 Å². The van der Waals surface area contributed by atoms with Crippen molar-refractivity contribution in [3.8, 4) is 11.1 Å². The molecule has 32 heavy (non-hydrogen) atoms. The highest BCUT2D eigenvalue weighted by Crippen LogP contribution is 2.27. The first-order valence-electron chi connectivity index (χ1n) is 10.8. The maximum atomic E-state index is 10.6. The smallest absolute Gasteiger partial charge is 0.475 e. The van der Waals surface area contributed by atoms with Gasteiger partial charge in [0.25, 0.3) is 0 Å². The zero-order valence-corrected chi connectivity index (χ0v) is 18.0. The molecule has 1 aliphatic rings. The summed E-state index contributed by atoms with van der Waals surface area (Å²) in [6, 6.07) is 13.3. The number of hydrogen-bond acceptors (Lipinski definition) is 3. The SMILES string of the molecule is Cc1cc2[nH]cnc2cc1-c1ccc(CNCC2CCCCC2)cc1.O=C(O)C(F)(F)F. The number of carbonyl (C=O) groups is 1. The molecule has 172 valence electrons. The third-order valence-corrected chi connectivity index (χ3v) is 5.76. The number of aliphatic carboxylic acids is 1. The average Bonchev–Trinajstić information content (AvgIpc) is 3.21. The van der Waals surface area contributed by atoms with Crippen LogP contribution in [-0.4, -0.2) is 33.8 Å². The van der Waals surface area contributed by atoms with Gasteiger partial charge in [-0.1, -0.05) is 43.5 Å². The summed E-state index contributed by atoms with van der Waals surface area (Å²) in [5.41, 5.74) is 7.29. The number of aryl methyl sites for hydroxylation is 1. The lowest BCUT2D eigenvalue weighted by Gasteiger charge is -2.21. The van der Waals surface area contributed by atoms with E-state index in [9.17, 15) is 13.2 Å². The molecule has 0 aliphatic heterocycles. The predicted molar refractivity (Wildman–Crippen MR) is 118 cm³/mol. The molecule has 0 radical (unpaired) electrons. The molecule has 3 aromatic rings. The fraction of sp³-hybridized carbons (Fsp3) is 0.417. The fourth-order valence-corrected chi connectivity index (χ4v) is 4.02. The first-order chi connectivity index (χ1) is 15.2. The lowest BCUT2D eigenvalue weighted by atomic mass is 9.89. The van der Waals surface area contributed by atoms with Gasteiger partial charge in [0.1, 0.15) is 0 Å². The molecule has 1 saturated carbocycles. The summed E-state index contributed by atoms with van der Waals surface area (Å²) in [5, 5.41) is 10.8. The number of nitrogens with one attached hydrogen (secondary N) is 2. The Balaban J connectivity index is 0.000000360. The summed E-state index contributed by atoms with van der Waals surface area (Å²) < 4.78 is 31.7. The minimum Gasteiger partial charge on any atom is -0.475 e. The lowest BCUT2D eigenvalue weighted by Crippen LogP contribution is -2.24. The number of fused-ring (bicyclic) bond motifs is 1. The molecule has 0 amide bonds. The van der Waals surface area contributed by atoms with E-state index in [0.717, 1.165) is 30.0 Å². The van der Waals surface area contributed by atoms with Gasteiger partial charge in [0, 0.05) is 6.54 Å². The quantitative estimate of drug-likeness (QED) is 0.459. The summed E-state index contributed by atoms with van der Waals surface area (Å²) in [6.07, 6.45) is 3.75. The third kappa shape index (κ3) is 6.56. The van der Waals surface area contributed by atoms with Crippen LogP contribution in [0.1, 0.15) is 43.2 Å². The molecule has 1 fully saturated rings. The number of benzene rings is 2. The number of carboxylic acid groups (broad SMARTS) is 1. The highest BCUT2D eigenvalue weighted by Gasteiger charge is 2.38. The van der Waals surface area contributed by atoms with Crippen LogP contribution in [0.25, 0.3) is 22.2 Å². The third-order valence-electron chi connectivity index (χ3n) is 5.76. The standard InChI is InChI=1S/C22H27N3.C2HF3O2/c1-16-11-21-22(25-15-24-21)12-20(16)19-9-7-18(8-10-19)14-23-13-17-5-3-2-4-6-17;3-2(4,5)1(6)7/h7-12,15,17,23H,2-6,13-14H2,1H3,(H,24,25);(H,6,7). The maximum Gasteiger partial charge on any atom is 0.490 e. The highest BCUT2D eigenvalue weighted by atomic mass is 19.4. The van der Waals surface area contributed by atoms with Crippen LogP contribution in [0.4, 0.5) is 13.2 Å². The Morgan fingerprint density at radius 2 is 1.81 bits per heavy atom. The van der Waals surface area contributed by atoms with Gasteiger partial charge in [-0.2, -0.15) is 13.2 Å². The van der Waals surface area contributed by atoms with Crippen LogP contribution in [0.2, 0.25) is 0 Å². The van der Waals surface area contributed by atoms with Gasteiger partial charge in [0.15, 0.2) is 0 Å². The number of imidazole rings is 1. The van der Waals surface area contributed by atoms with Crippen LogP contribution in [0.5, 0.6) is 0 Å². The molecule has 0 atom stereocenters. The van der Waals surface area contributed by atoms with Gasteiger partial charge >= 0.3 is 12.1 Å². The molecule has 0 bridgehead atoms. The second-order valence-electron chi connectivity index (χ2n) is 8.22. The van der Waals surface area contributed by atoms with Gasteiger partial charge in [-0.15, -0.1) is 0 Å². The first kappa shape index (κ1) is 23.8. The Morgan fingerprint density at radius 3 is 2.44 bits per heavy atom. The van der Waals surface area contributed by atoms with Crippen molar-refractivity contribution in [3.05, 3.63) is 53.9 Å². The molecular formula is C24H28F3N3O2. The van der Waals surface area contributed by atoms with Crippen LogP contribution in [0, 0.1) is 12.8 Å². The number of aromatic nitrogens is 2. The van der Waals surface area contributed by atoms with Gasteiger partial charge < -0.3 is 15.4 Å². The monoisotopic (exact) mass is 447 g/mol. The second kappa shape index (κ2) is 10.6. The predicted octanol–water partition coefficient (Wildman–Crippen LogP) is 5.84. The summed E-state index contributed by atoms with van der Waals surface area (Å²) in [6.45, 7) is 4.29. The number of rotatable bonds is 5. The molecular weight excluding hydrogens is 419 g/mol. The van der Waals surface area contributed by atoms with Crippen molar-refractivity contribution >= 4 is 17.0 Å². The molecule has 8 heteroatoms. The van der Waals surface area contributed by atoms with Gasteiger partial charge in [-0.05, 0) is 66.6 Å². The molecule has 1 heterocycles. The maximum absolute atomic E-state index is 10.6. The van der Waals surface area contributed by atoms with Crippen molar-refractivity contribution in [1.29, 1.82) is 0 Å². The first-order valence-corrected chi connectivity index (χ1v) is 10.8. The van der Waals surface area contributed by atoms with Crippen LogP contribution >= 0.6 is 0 Å². The Kier molecular flexibility index (Phi) is 7.90. The molecule has 5 nitrogen and oxygen atoms in total. The minimum absolute atomic E-state index is 0.885. The van der Waals surface area contributed by atoms with Gasteiger partial charge in [0.05, 0.1) is 17.4 Å². The second-order valence-corrected chi connectivity index (χ2v) is 8.22. The van der Waals surface area contributed by atoms with Crippen LogP contribution in [0.3, 0.4) is 0 Å². The molecule has 0 saturated heterocycles. The number of alkyl halides is 3. The van der Waals surface area contributed by atoms with E-state index in [2.05, 4.69) is 58.6 Å². The number of halogens is 3. The zero-order chi connectivity index (χ0) is 23.1. The van der Waals surface area contributed by atoms with E-state index < -0.39 is 12.1 Å². The van der Waals surface area contributed by atoms with Crippen LogP contribution in [0.15, 0.2) is 42.7 Å². The summed E-state index contributed by atoms with van der Waals surface area (Å²) in [5.74, 6) is -1.87. The molecule has 0 spiro atoms. The number of nitrogens with zero attached hydrogens (tertiary/aromatic N) is 1. The molecule has 2 aromatic carbocycles. The Labute approximate surface area is 185 Å². The van der Waals surface area contributed by atoms with E-state index in [-0.39, 0.29) is 0 Å². The Bertz CT molecular complexity index is 1020. The van der Waals surface area contributed by atoms with Crippen LogP contribution in [-0.2, 0) is 11.3 Å². The highest BCUT2D eigenvalue weighted by molar-refractivity contribution is 5.83. The van der Waals surface area contributed by atoms with E-state index in [1.54, 1.807) is 6.33 Å². The van der Waals surface area contributed by atoms with Crippen molar-refractivity contribution in [3.63, 3.8) is 0 Å². The van der Waals surface area contributed by atoms with Gasteiger partial charge in [-0.3, -0.25) is 0 Å². The summed E-state index contributed by atoms with van der Waals surface area (Å²) in [4.78, 5) is 16.5. The van der Waals surface area contributed by atoms with Crippen molar-refractivity contribution in [2.75, 3.05) is 6.54 Å². The normalized spacial score (nSPS) is 14.8. The topological polar surface area (TPSA) is 78.0 Å². The molecule has 3 N–H and O–H groups in total. The van der Waals surface area contributed by atoms with Gasteiger partial charge in [-0.25, -0.2) is 9.78 Å². The van der Waals surface area contributed by atoms with Crippen molar-refractivity contribution in [2.24, 2.45) is 5.92 Å². The van der Waals surface area contributed by atoms with Crippen molar-refractivity contribution in [1.82, 2.24) is 15.3 Å². The van der Waals surface area contributed by atoms with Gasteiger partial charge in [0.2, 0.25) is 0 Å². The zero-order valence-electron chi connectivity index (χ0n) is 18.0. The molecule has 4 rings (SSSR count). The number of aromatic amines is 1. The number of carboxylic acids is 1. The summed E-state index contributed by atoms with van der Waals surface area (Å²) >= 11 is 0. The van der Waals surface area contributed by atoms with E-state index in [1.807, 2.05) is 0 Å². The Morgan fingerprint density at radius 1 is 1.16 bits per heavy atom. The molecule has 1 aliphatic carbocycles. The largest absolute Gasteiger partial charge is 0.490 e. The van der Waals surface area contributed by atoms with E-state index in [1.165, 1.54) is 54.4 Å². The number of hydrogen-bond donors (Lipinski definition) is 3. The van der Waals surface area contributed by atoms with E-state index >= 15 is 0 Å². The van der Waals surface area contributed by atoms with Crippen molar-refractivity contribution < 1.29 is 23.1 Å². The van der Waals surface area contributed by atoms with E-state index in [0.29, 0.717) is 0 Å². The Hall–Kier alpha value is -2.87. The molecule has 1 aromatic heterocycles. The average molecular weight is 448 g/mol. The lowest BCUT2D eigenvalue weighted by molar-refractivity contribution is -0.192. The molecule has 0 unspecified atom stereocenters.